The summed E-state index contributed by atoms with van der Waals surface area (Å²) in [5.74, 6) is 1.11. The number of methoxy groups -OCH3 is 1. The number of piperazine rings is 1. The van der Waals surface area contributed by atoms with Gasteiger partial charge in [-0.25, -0.2) is 4.99 Å². The van der Waals surface area contributed by atoms with Crippen molar-refractivity contribution in [3.8, 4) is 0 Å². The third-order valence-electron chi connectivity index (χ3n) is 5.48. The van der Waals surface area contributed by atoms with E-state index < -0.39 is 0 Å². The van der Waals surface area contributed by atoms with E-state index >= 15 is 0 Å². The normalized spacial score (nSPS) is 19.7. The zero-order chi connectivity index (χ0) is 18.8. The van der Waals surface area contributed by atoms with E-state index in [1.807, 2.05) is 11.3 Å². The summed E-state index contributed by atoms with van der Waals surface area (Å²) in [6, 6.07) is 11.1. The van der Waals surface area contributed by atoms with Gasteiger partial charge in [0.1, 0.15) is 10.8 Å². The number of aliphatic imine (C=N–C) groups is 1. The second-order valence-corrected chi connectivity index (χ2v) is 8.39. The van der Waals surface area contributed by atoms with Crippen molar-refractivity contribution in [1.29, 1.82) is 0 Å². The van der Waals surface area contributed by atoms with Gasteiger partial charge in [-0.3, -0.25) is 4.90 Å². The zero-order valence-corrected chi connectivity index (χ0v) is 17.2. The number of para-hydroxylation sites is 2. The molecule has 0 aliphatic carbocycles. The molecule has 1 saturated heterocycles. The van der Waals surface area contributed by atoms with E-state index in [0.29, 0.717) is 6.04 Å². The Morgan fingerprint density at radius 1 is 1.30 bits per heavy atom. The van der Waals surface area contributed by atoms with Crippen molar-refractivity contribution in [3.05, 3.63) is 40.8 Å². The van der Waals surface area contributed by atoms with Crippen molar-refractivity contribution in [2.24, 2.45) is 4.99 Å². The first kappa shape index (κ1) is 18.5. The fraction of sp³-hybridized carbons (Fsp3) is 0.476. The minimum Gasteiger partial charge on any atom is -0.385 e. The molecule has 1 fully saturated rings. The highest BCUT2D eigenvalue weighted by molar-refractivity contribution is 7.16. The Morgan fingerprint density at radius 2 is 2.15 bits per heavy atom. The number of hydrogen-bond acceptors (Lipinski definition) is 6. The first-order valence-electron chi connectivity index (χ1n) is 9.71. The molecule has 1 aromatic heterocycles. The van der Waals surface area contributed by atoms with Crippen LogP contribution in [0.1, 0.15) is 23.8 Å². The van der Waals surface area contributed by atoms with E-state index in [2.05, 4.69) is 59.4 Å². The summed E-state index contributed by atoms with van der Waals surface area (Å²) in [7, 11) is 4.00. The van der Waals surface area contributed by atoms with Gasteiger partial charge in [-0.1, -0.05) is 19.1 Å². The maximum atomic E-state index is 5.33. The molecule has 144 valence electrons. The number of aryl methyl sites for hydroxylation is 1. The van der Waals surface area contributed by atoms with Crippen LogP contribution in [0.4, 0.5) is 16.4 Å². The van der Waals surface area contributed by atoms with Gasteiger partial charge in [-0.15, -0.1) is 11.3 Å². The molecule has 0 amide bonds. The highest BCUT2D eigenvalue weighted by atomic mass is 32.1. The molecule has 27 heavy (non-hydrogen) atoms. The molecule has 0 spiro atoms. The molecule has 5 nitrogen and oxygen atoms in total. The summed E-state index contributed by atoms with van der Waals surface area (Å²) in [5, 5.41) is 4.84. The Labute approximate surface area is 165 Å². The van der Waals surface area contributed by atoms with Crippen molar-refractivity contribution >= 4 is 33.5 Å². The summed E-state index contributed by atoms with van der Waals surface area (Å²) in [5.41, 5.74) is 3.34. The van der Waals surface area contributed by atoms with E-state index in [-0.39, 0.29) is 0 Å². The number of fused-ring (bicyclic) bond motifs is 2. The van der Waals surface area contributed by atoms with E-state index in [1.54, 1.807) is 7.11 Å². The predicted octanol–water partition coefficient (Wildman–Crippen LogP) is 4.10. The van der Waals surface area contributed by atoms with Gasteiger partial charge in [-0.2, -0.15) is 0 Å². The highest BCUT2D eigenvalue weighted by Crippen LogP contribution is 2.39. The van der Waals surface area contributed by atoms with Crippen molar-refractivity contribution < 1.29 is 4.74 Å². The largest absolute Gasteiger partial charge is 0.385 e. The molecule has 6 heteroatoms. The molecule has 0 bridgehead atoms. The average molecular weight is 385 g/mol. The minimum atomic E-state index is 0.487. The number of anilines is 2. The first-order chi connectivity index (χ1) is 13.2. The van der Waals surface area contributed by atoms with Crippen LogP contribution in [0.2, 0.25) is 0 Å². The van der Waals surface area contributed by atoms with Crippen LogP contribution in [0.15, 0.2) is 35.3 Å². The average Bonchev–Trinajstić information content (AvgIpc) is 3.02. The van der Waals surface area contributed by atoms with Crippen LogP contribution in [-0.4, -0.2) is 62.1 Å². The molecule has 2 aromatic rings. The topological polar surface area (TPSA) is 40.1 Å². The van der Waals surface area contributed by atoms with Crippen molar-refractivity contribution in [2.75, 3.05) is 45.7 Å². The molecule has 2 aliphatic rings. The number of rotatable bonds is 4. The summed E-state index contributed by atoms with van der Waals surface area (Å²) in [6.07, 6.45) is 2.09. The Bertz CT molecular complexity index is 831. The Morgan fingerprint density at radius 3 is 2.96 bits per heavy atom. The number of hydrogen-bond donors (Lipinski definition) is 1. The highest BCUT2D eigenvalue weighted by Gasteiger charge is 2.30. The van der Waals surface area contributed by atoms with Crippen LogP contribution in [-0.2, 0) is 11.2 Å². The number of ether oxygens (including phenoxy) is 1. The lowest BCUT2D eigenvalue weighted by molar-refractivity contribution is 0.100. The lowest BCUT2D eigenvalue weighted by Crippen LogP contribution is -2.53. The quantitative estimate of drug-likeness (QED) is 0.862. The molecule has 2 aliphatic heterocycles. The molecular formula is C21H28N4OS. The van der Waals surface area contributed by atoms with E-state index in [9.17, 15) is 0 Å². The maximum absolute atomic E-state index is 5.33. The molecule has 1 aromatic carbocycles. The van der Waals surface area contributed by atoms with Gasteiger partial charge in [0.2, 0.25) is 0 Å². The van der Waals surface area contributed by atoms with Crippen molar-refractivity contribution in [3.63, 3.8) is 0 Å². The summed E-state index contributed by atoms with van der Waals surface area (Å²) >= 11 is 1.85. The number of nitrogens with zero attached hydrogens (tertiary/aromatic N) is 3. The lowest BCUT2D eigenvalue weighted by atomic mass is 10.1. The lowest BCUT2D eigenvalue weighted by Gasteiger charge is -2.40. The third kappa shape index (κ3) is 3.74. The van der Waals surface area contributed by atoms with Gasteiger partial charge < -0.3 is 15.0 Å². The van der Waals surface area contributed by atoms with Crippen LogP contribution in [0.3, 0.4) is 0 Å². The first-order valence-corrected chi connectivity index (χ1v) is 10.5. The van der Waals surface area contributed by atoms with Crippen LogP contribution in [0.25, 0.3) is 0 Å². The standard InChI is InChI=1S/C21H28N4OS/c1-4-16-13-17-20(25-11-10-24(2)15(14-25)9-12-26-3)22-18-7-5-6-8-19(18)23-21(17)27-16/h5-8,13,15,23H,4,9-12,14H2,1-3H3. The van der Waals surface area contributed by atoms with E-state index in [0.717, 1.165) is 56.3 Å². The molecule has 1 atom stereocenters. The molecule has 0 radical (unpaired) electrons. The molecular weight excluding hydrogens is 356 g/mol. The van der Waals surface area contributed by atoms with Gasteiger partial charge in [0, 0.05) is 44.3 Å². The van der Waals surface area contributed by atoms with Crippen LogP contribution in [0.5, 0.6) is 0 Å². The van der Waals surface area contributed by atoms with Crippen LogP contribution >= 0.6 is 11.3 Å². The number of likely N-dealkylation sites (N-methyl/N-ethyl adjacent to an activating group) is 1. The predicted molar refractivity (Wildman–Crippen MR) is 114 cm³/mol. The molecule has 0 saturated carbocycles. The van der Waals surface area contributed by atoms with Crippen LogP contribution in [0, 0.1) is 0 Å². The smallest absolute Gasteiger partial charge is 0.139 e. The number of thiophene rings is 1. The zero-order valence-electron chi connectivity index (χ0n) is 16.4. The van der Waals surface area contributed by atoms with Crippen molar-refractivity contribution in [1.82, 2.24) is 9.80 Å². The maximum Gasteiger partial charge on any atom is 0.139 e. The van der Waals surface area contributed by atoms with E-state index in [1.165, 1.54) is 15.4 Å². The Kier molecular flexibility index (Phi) is 5.48. The van der Waals surface area contributed by atoms with Gasteiger partial charge in [0.05, 0.1) is 16.9 Å². The Balaban J connectivity index is 1.71. The molecule has 1 N–H and O–H groups in total. The fourth-order valence-electron chi connectivity index (χ4n) is 3.79. The number of amidine groups is 1. The van der Waals surface area contributed by atoms with Gasteiger partial charge in [0.25, 0.3) is 0 Å². The van der Waals surface area contributed by atoms with Crippen LogP contribution < -0.4 is 5.32 Å². The second kappa shape index (κ2) is 8.00. The molecule has 1 unspecified atom stereocenters. The number of nitrogens with one attached hydrogen (secondary N) is 1. The van der Waals surface area contributed by atoms with Crippen molar-refractivity contribution in [2.45, 2.75) is 25.8 Å². The van der Waals surface area contributed by atoms with Gasteiger partial charge >= 0.3 is 0 Å². The van der Waals surface area contributed by atoms with Gasteiger partial charge in [-0.05, 0) is 38.1 Å². The Hall–Kier alpha value is -1.89. The third-order valence-corrected chi connectivity index (χ3v) is 6.68. The monoisotopic (exact) mass is 384 g/mol. The van der Waals surface area contributed by atoms with Gasteiger partial charge in [0.15, 0.2) is 0 Å². The fourth-order valence-corrected chi connectivity index (χ4v) is 4.80. The SMILES string of the molecule is CCc1cc2c(s1)Nc1ccccc1N=C2N1CCN(C)C(CCOC)C1. The summed E-state index contributed by atoms with van der Waals surface area (Å²) in [4.78, 5) is 11.4. The van der Waals surface area contributed by atoms with E-state index in [4.69, 9.17) is 9.73 Å². The second-order valence-electron chi connectivity index (χ2n) is 7.25. The molecule has 4 rings (SSSR count). The molecule has 3 heterocycles. The minimum absolute atomic E-state index is 0.487. The number of benzene rings is 1. The summed E-state index contributed by atoms with van der Waals surface area (Å²) in [6.45, 7) is 6.04. The summed E-state index contributed by atoms with van der Waals surface area (Å²) < 4.78 is 5.33.